The highest BCUT2D eigenvalue weighted by Crippen LogP contribution is 2.31. The van der Waals surface area contributed by atoms with Gasteiger partial charge in [0.15, 0.2) is 0 Å². The van der Waals surface area contributed by atoms with E-state index in [0.29, 0.717) is 11.6 Å². The molecule has 0 radical (unpaired) electrons. The summed E-state index contributed by atoms with van der Waals surface area (Å²) in [4.78, 5) is 2.59. The predicted octanol–water partition coefficient (Wildman–Crippen LogP) is 2.97. The van der Waals surface area contributed by atoms with Gasteiger partial charge in [0.25, 0.3) is 0 Å². The summed E-state index contributed by atoms with van der Waals surface area (Å²) in [5, 5.41) is 12.5. The second kappa shape index (κ2) is 4.91. The number of hydrogen-bond acceptors (Lipinski definition) is 3. The van der Waals surface area contributed by atoms with Crippen molar-refractivity contribution in [2.75, 3.05) is 18.4 Å². The van der Waals surface area contributed by atoms with Crippen LogP contribution in [0, 0.1) is 11.3 Å². The maximum atomic E-state index is 8.89. The van der Waals surface area contributed by atoms with E-state index in [-0.39, 0.29) is 0 Å². The summed E-state index contributed by atoms with van der Waals surface area (Å²) in [7, 11) is 0. The van der Waals surface area contributed by atoms with Crippen LogP contribution in [0.15, 0.2) is 22.7 Å². The molecule has 1 heterocycles. The van der Waals surface area contributed by atoms with E-state index in [0.717, 1.165) is 22.7 Å². The van der Waals surface area contributed by atoms with E-state index < -0.39 is 0 Å². The topological polar surface area (TPSA) is 39.1 Å². The SMILES string of the molecule is N#Cc1ccc(NC2CCN(C3CC3)C2)cc1Br. The largest absolute Gasteiger partial charge is 0.381 e. The van der Waals surface area contributed by atoms with Crippen molar-refractivity contribution in [2.24, 2.45) is 0 Å². The van der Waals surface area contributed by atoms with Gasteiger partial charge in [0.05, 0.1) is 5.56 Å². The van der Waals surface area contributed by atoms with Gasteiger partial charge in [-0.1, -0.05) is 0 Å². The summed E-state index contributed by atoms with van der Waals surface area (Å²) in [6.07, 6.45) is 3.98. The summed E-state index contributed by atoms with van der Waals surface area (Å²) < 4.78 is 0.868. The normalized spacial score (nSPS) is 23.9. The molecular formula is C14H16BrN3. The molecule has 2 fully saturated rings. The molecule has 0 spiro atoms. The van der Waals surface area contributed by atoms with E-state index >= 15 is 0 Å². The highest BCUT2D eigenvalue weighted by Gasteiger charge is 2.34. The van der Waals surface area contributed by atoms with Crippen LogP contribution in [0.3, 0.4) is 0 Å². The highest BCUT2D eigenvalue weighted by molar-refractivity contribution is 9.10. The van der Waals surface area contributed by atoms with Crippen LogP contribution >= 0.6 is 15.9 Å². The van der Waals surface area contributed by atoms with Crippen molar-refractivity contribution in [1.29, 1.82) is 5.26 Å². The summed E-state index contributed by atoms with van der Waals surface area (Å²) in [6, 6.07) is 9.42. The van der Waals surface area contributed by atoms with Crippen LogP contribution in [0.2, 0.25) is 0 Å². The fourth-order valence-corrected chi connectivity index (χ4v) is 3.08. The monoisotopic (exact) mass is 305 g/mol. The molecule has 1 aliphatic carbocycles. The summed E-state index contributed by atoms with van der Waals surface area (Å²) in [5.41, 5.74) is 1.79. The molecule has 1 aromatic carbocycles. The van der Waals surface area contributed by atoms with Crippen molar-refractivity contribution in [3.63, 3.8) is 0 Å². The van der Waals surface area contributed by atoms with Crippen LogP contribution in [-0.4, -0.2) is 30.1 Å². The molecular weight excluding hydrogens is 290 g/mol. The molecule has 3 nitrogen and oxygen atoms in total. The molecule has 0 aromatic heterocycles. The molecule has 1 saturated carbocycles. The zero-order valence-electron chi connectivity index (χ0n) is 10.2. The fourth-order valence-electron chi connectivity index (χ4n) is 2.61. The highest BCUT2D eigenvalue weighted by atomic mass is 79.9. The Balaban J connectivity index is 1.63. The number of nitriles is 1. The van der Waals surface area contributed by atoms with Gasteiger partial charge in [0, 0.05) is 35.3 Å². The number of halogens is 1. The first kappa shape index (κ1) is 12.0. The Bertz CT molecular complexity index is 490. The van der Waals surface area contributed by atoms with Gasteiger partial charge in [0.2, 0.25) is 0 Å². The smallest absolute Gasteiger partial charge is 0.100 e. The van der Waals surface area contributed by atoms with E-state index in [4.69, 9.17) is 5.26 Å². The summed E-state index contributed by atoms with van der Waals surface area (Å²) >= 11 is 3.43. The van der Waals surface area contributed by atoms with Crippen LogP contribution in [0.5, 0.6) is 0 Å². The molecule has 1 N–H and O–H groups in total. The minimum atomic E-state index is 0.547. The molecule has 1 atom stereocenters. The zero-order chi connectivity index (χ0) is 12.5. The maximum absolute atomic E-state index is 8.89. The Morgan fingerprint density at radius 1 is 1.33 bits per heavy atom. The van der Waals surface area contributed by atoms with Crippen molar-refractivity contribution in [1.82, 2.24) is 4.90 Å². The van der Waals surface area contributed by atoms with Gasteiger partial charge >= 0.3 is 0 Å². The number of benzene rings is 1. The quantitative estimate of drug-likeness (QED) is 0.933. The average Bonchev–Trinajstić information content (AvgIpc) is 3.11. The number of nitrogens with one attached hydrogen (secondary N) is 1. The third-order valence-electron chi connectivity index (χ3n) is 3.74. The molecule has 4 heteroatoms. The lowest BCUT2D eigenvalue weighted by Crippen LogP contribution is -2.27. The van der Waals surface area contributed by atoms with Gasteiger partial charge in [-0.3, -0.25) is 4.90 Å². The van der Waals surface area contributed by atoms with Crippen LogP contribution < -0.4 is 5.32 Å². The number of rotatable bonds is 3. The molecule has 3 rings (SSSR count). The molecule has 2 aliphatic rings. The van der Waals surface area contributed by atoms with E-state index in [1.54, 1.807) is 0 Å². The summed E-state index contributed by atoms with van der Waals surface area (Å²) in [5.74, 6) is 0. The molecule has 1 unspecified atom stereocenters. The Labute approximate surface area is 116 Å². The van der Waals surface area contributed by atoms with Crippen LogP contribution in [0.1, 0.15) is 24.8 Å². The first-order valence-electron chi connectivity index (χ1n) is 6.46. The maximum Gasteiger partial charge on any atom is 0.100 e. The molecule has 0 amide bonds. The first-order valence-corrected chi connectivity index (χ1v) is 7.26. The van der Waals surface area contributed by atoms with Crippen LogP contribution in [0.4, 0.5) is 5.69 Å². The number of likely N-dealkylation sites (tertiary alicyclic amines) is 1. The number of hydrogen-bond donors (Lipinski definition) is 1. The Kier molecular flexibility index (Phi) is 3.27. The van der Waals surface area contributed by atoms with Crippen molar-refractivity contribution in [3.05, 3.63) is 28.2 Å². The van der Waals surface area contributed by atoms with E-state index in [1.165, 1.54) is 25.8 Å². The number of nitrogens with zero attached hydrogens (tertiary/aromatic N) is 2. The van der Waals surface area contributed by atoms with Crippen molar-refractivity contribution >= 4 is 21.6 Å². The van der Waals surface area contributed by atoms with Gasteiger partial charge in [-0.05, 0) is 53.4 Å². The zero-order valence-corrected chi connectivity index (χ0v) is 11.8. The fraction of sp³-hybridized carbons (Fsp3) is 0.500. The molecule has 0 bridgehead atoms. The molecule has 1 aromatic rings. The van der Waals surface area contributed by atoms with E-state index in [1.807, 2.05) is 18.2 Å². The third kappa shape index (κ3) is 2.52. The standard InChI is InChI=1S/C14H16BrN3/c15-14-7-11(2-1-10(14)8-16)17-12-5-6-18(9-12)13-3-4-13/h1-2,7,12-13,17H,3-6,9H2. The van der Waals surface area contributed by atoms with Gasteiger partial charge in [-0.15, -0.1) is 0 Å². The molecule has 94 valence electrons. The Morgan fingerprint density at radius 2 is 2.17 bits per heavy atom. The minimum absolute atomic E-state index is 0.547. The van der Waals surface area contributed by atoms with Gasteiger partial charge < -0.3 is 5.32 Å². The van der Waals surface area contributed by atoms with Crippen molar-refractivity contribution in [2.45, 2.75) is 31.3 Å². The van der Waals surface area contributed by atoms with Crippen LogP contribution in [-0.2, 0) is 0 Å². The molecule has 18 heavy (non-hydrogen) atoms. The second-order valence-electron chi connectivity index (χ2n) is 5.16. The average molecular weight is 306 g/mol. The van der Waals surface area contributed by atoms with Gasteiger partial charge in [-0.2, -0.15) is 5.26 Å². The minimum Gasteiger partial charge on any atom is -0.381 e. The predicted molar refractivity (Wildman–Crippen MR) is 75.5 cm³/mol. The lowest BCUT2D eigenvalue weighted by molar-refractivity contribution is 0.326. The van der Waals surface area contributed by atoms with Crippen LogP contribution in [0.25, 0.3) is 0 Å². The Hall–Kier alpha value is -1.05. The summed E-state index contributed by atoms with van der Waals surface area (Å²) in [6.45, 7) is 2.38. The Morgan fingerprint density at radius 3 is 2.83 bits per heavy atom. The molecule has 1 aliphatic heterocycles. The second-order valence-corrected chi connectivity index (χ2v) is 6.02. The van der Waals surface area contributed by atoms with Crippen molar-refractivity contribution in [3.8, 4) is 6.07 Å². The van der Waals surface area contributed by atoms with Gasteiger partial charge in [0.1, 0.15) is 6.07 Å². The third-order valence-corrected chi connectivity index (χ3v) is 4.40. The van der Waals surface area contributed by atoms with Gasteiger partial charge in [-0.25, -0.2) is 0 Å². The molecule has 1 saturated heterocycles. The lowest BCUT2D eigenvalue weighted by Gasteiger charge is -2.17. The van der Waals surface area contributed by atoms with E-state index in [9.17, 15) is 0 Å². The van der Waals surface area contributed by atoms with E-state index in [2.05, 4.69) is 32.2 Å². The number of anilines is 1. The lowest BCUT2D eigenvalue weighted by atomic mass is 10.2. The van der Waals surface area contributed by atoms with Crippen molar-refractivity contribution < 1.29 is 0 Å². The first-order chi connectivity index (χ1) is 8.76.